The fourth-order valence-electron chi connectivity index (χ4n) is 10.3. The van der Waals surface area contributed by atoms with Crippen LogP contribution in [0.5, 0.6) is 11.5 Å². The van der Waals surface area contributed by atoms with Crippen molar-refractivity contribution in [1.29, 1.82) is 0 Å². The second-order valence-corrected chi connectivity index (χ2v) is 19.1. The monoisotopic (exact) mass is 785 g/mol. The Morgan fingerprint density at radius 1 is 0.475 bits per heavy atom. The highest BCUT2D eigenvalue weighted by molar-refractivity contribution is 7.99. The van der Waals surface area contributed by atoms with E-state index in [9.17, 15) is 0 Å². The van der Waals surface area contributed by atoms with E-state index in [0.29, 0.717) is 23.7 Å². The maximum atomic E-state index is 7.01. The Balaban J connectivity index is 1.21. The lowest BCUT2D eigenvalue weighted by Gasteiger charge is -2.49. The topological polar surface area (TPSA) is 12.5 Å². The van der Waals surface area contributed by atoms with Crippen molar-refractivity contribution in [2.75, 3.05) is 4.90 Å². The molecule has 0 radical (unpaired) electrons. The molecule has 7 aromatic rings. The van der Waals surface area contributed by atoms with Gasteiger partial charge in [-0.1, -0.05) is 176 Å². The fourth-order valence-corrected chi connectivity index (χ4v) is 11.4. The maximum Gasteiger partial charge on any atom is 0.251 e. The van der Waals surface area contributed by atoms with Crippen LogP contribution in [0.25, 0.3) is 0 Å². The summed E-state index contributed by atoms with van der Waals surface area (Å²) in [4.78, 5) is 5.12. The number of fused-ring (bicyclic) bond motifs is 10. The van der Waals surface area contributed by atoms with Crippen LogP contribution in [0, 0.1) is 0 Å². The van der Waals surface area contributed by atoms with Crippen LogP contribution in [0.4, 0.5) is 17.1 Å². The third-order valence-electron chi connectivity index (χ3n) is 13.2. The number of nitrogens with zero attached hydrogens (tertiary/aromatic N) is 1. The molecule has 0 aromatic heterocycles. The van der Waals surface area contributed by atoms with Crippen LogP contribution in [0.15, 0.2) is 155 Å². The van der Waals surface area contributed by atoms with Crippen molar-refractivity contribution in [3.63, 3.8) is 0 Å². The molecular formula is C55H52BNOS. The van der Waals surface area contributed by atoms with E-state index in [-0.39, 0.29) is 6.71 Å². The van der Waals surface area contributed by atoms with Crippen LogP contribution in [0.2, 0.25) is 0 Å². The van der Waals surface area contributed by atoms with Gasteiger partial charge in [-0.3, -0.25) is 0 Å². The van der Waals surface area contributed by atoms with Gasteiger partial charge >= 0.3 is 0 Å². The number of hydrogen-bond donors (Lipinski definition) is 0. The molecule has 4 heteroatoms. The van der Waals surface area contributed by atoms with Crippen molar-refractivity contribution < 1.29 is 4.74 Å². The first-order valence-corrected chi connectivity index (χ1v) is 22.4. The molecule has 0 atom stereocenters. The zero-order valence-corrected chi connectivity index (χ0v) is 36.3. The Kier molecular flexibility index (Phi) is 9.21. The predicted molar refractivity (Wildman–Crippen MR) is 251 cm³/mol. The molecule has 0 aliphatic carbocycles. The summed E-state index contributed by atoms with van der Waals surface area (Å²) in [5.41, 5.74) is 17.8. The van der Waals surface area contributed by atoms with Gasteiger partial charge in [0.1, 0.15) is 11.5 Å². The van der Waals surface area contributed by atoms with Gasteiger partial charge in [-0.25, -0.2) is 0 Å². The van der Waals surface area contributed by atoms with Crippen molar-refractivity contribution >= 4 is 51.9 Å². The van der Waals surface area contributed by atoms with Gasteiger partial charge < -0.3 is 9.64 Å². The Hall–Kier alpha value is -5.45. The predicted octanol–water partition coefficient (Wildman–Crippen LogP) is 13.4. The molecule has 1 spiro atoms. The summed E-state index contributed by atoms with van der Waals surface area (Å²) in [5.74, 6) is 3.47. The molecule has 0 saturated carbocycles. The van der Waals surface area contributed by atoms with Gasteiger partial charge in [0.2, 0.25) is 0 Å². The zero-order chi connectivity index (χ0) is 40.7. The molecule has 0 unspecified atom stereocenters. The fraction of sp³-hybridized carbons (Fsp3) is 0.236. The quantitative estimate of drug-likeness (QED) is 0.156. The molecule has 0 bridgehead atoms. The summed E-state index contributed by atoms with van der Waals surface area (Å²) >= 11 is 1.90. The number of anilines is 3. The summed E-state index contributed by atoms with van der Waals surface area (Å²) in [6.07, 6.45) is 0. The first-order valence-electron chi connectivity index (χ1n) is 21.6. The summed E-state index contributed by atoms with van der Waals surface area (Å²) in [7, 11) is 0. The normalized spacial score (nSPS) is 14.5. The molecule has 3 heterocycles. The lowest BCUT2D eigenvalue weighted by molar-refractivity contribution is 0.487. The van der Waals surface area contributed by atoms with E-state index in [2.05, 4.69) is 206 Å². The van der Waals surface area contributed by atoms with Gasteiger partial charge in [0.25, 0.3) is 6.71 Å². The average molecular weight is 786 g/mol. The molecule has 0 fully saturated rings. The van der Waals surface area contributed by atoms with Crippen LogP contribution in [0.3, 0.4) is 0 Å². The summed E-state index contributed by atoms with van der Waals surface area (Å²) in [6, 6.07) is 55.2. The van der Waals surface area contributed by atoms with E-state index < -0.39 is 5.41 Å². The number of rotatable bonds is 6. The van der Waals surface area contributed by atoms with E-state index in [1.165, 1.54) is 82.1 Å². The van der Waals surface area contributed by atoms with Crippen molar-refractivity contribution in [3.05, 3.63) is 190 Å². The molecule has 7 aromatic carbocycles. The van der Waals surface area contributed by atoms with Crippen molar-refractivity contribution in [2.24, 2.45) is 0 Å². The molecule has 0 saturated heterocycles. The van der Waals surface area contributed by atoms with E-state index in [0.717, 1.165) is 17.2 Å². The molecular weight excluding hydrogens is 733 g/mol. The molecule has 0 amide bonds. The van der Waals surface area contributed by atoms with E-state index in [1.54, 1.807) is 0 Å². The molecule has 10 rings (SSSR count). The second kappa shape index (κ2) is 14.4. The minimum atomic E-state index is -0.497. The largest absolute Gasteiger partial charge is 0.458 e. The highest BCUT2D eigenvalue weighted by Crippen LogP contribution is 2.63. The Morgan fingerprint density at radius 3 is 1.68 bits per heavy atom. The third-order valence-corrected chi connectivity index (χ3v) is 14.3. The van der Waals surface area contributed by atoms with E-state index >= 15 is 0 Å². The number of ether oxygens (including phenoxy) is 1. The Bertz CT molecular complexity index is 2700. The first kappa shape index (κ1) is 37.8. The van der Waals surface area contributed by atoms with Crippen LogP contribution >= 0.6 is 11.8 Å². The van der Waals surface area contributed by atoms with Gasteiger partial charge in [0.05, 0.1) is 16.8 Å². The molecule has 292 valence electrons. The van der Waals surface area contributed by atoms with Crippen LogP contribution in [-0.4, -0.2) is 6.71 Å². The third kappa shape index (κ3) is 5.77. The molecule has 59 heavy (non-hydrogen) atoms. The van der Waals surface area contributed by atoms with E-state index in [1.807, 2.05) is 11.8 Å². The van der Waals surface area contributed by atoms with Gasteiger partial charge in [-0.2, -0.15) is 0 Å². The number of hydrogen-bond acceptors (Lipinski definition) is 3. The zero-order valence-electron chi connectivity index (χ0n) is 35.5. The Morgan fingerprint density at radius 2 is 1.03 bits per heavy atom. The summed E-state index contributed by atoms with van der Waals surface area (Å²) in [6.45, 7) is 18.7. The first-order chi connectivity index (χ1) is 28.6. The number of para-hydroxylation sites is 3. The molecule has 3 aliphatic heterocycles. The summed E-state index contributed by atoms with van der Waals surface area (Å²) < 4.78 is 7.01. The van der Waals surface area contributed by atoms with Crippen molar-refractivity contribution in [3.8, 4) is 11.5 Å². The van der Waals surface area contributed by atoms with Crippen molar-refractivity contribution in [2.45, 2.75) is 94.3 Å². The van der Waals surface area contributed by atoms with E-state index in [4.69, 9.17) is 4.74 Å². The lowest BCUT2D eigenvalue weighted by atomic mass is 9.34. The molecule has 2 nitrogen and oxygen atoms in total. The minimum absolute atomic E-state index is 0.0482. The highest BCUT2D eigenvalue weighted by Gasteiger charge is 2.50. The van der Waals surface area contributed by atoms with Crippen LogP contribution in [0.1, 0.15) is 124 Å². The van der Waals surface area contributed by atoms with Gasteiger partial charge in [-0.05, 0) is 116 Å². The Labute approximate surface area is 355 Å². The molecule has 0 N–H and O–H groups in total. The number of benzene rings is 7. The van der Waals surface area contributed by atoms with Crippen LogP contribution in [-0.2, 0) is 5.41 Å². The minimum Gasteiger partial charge on any atom is -0.458 e. The second-order valence-electron chi connectivity index (χ2n) is 18.0. The maximum absolute atomic E-state index is 7.01. The standard InChI is InChI=1S/C55H52BNOS/c1-33(2)37-25-28-53-45(31-37)55(44-19-11-16-24-52(44)59-53)42-17-9-13-21-48(42)57(49-22-14-10-18-43(49)55)39-26-27-47-51(32-39)58-50-23-15-12-20-46(50)56(47)54-40(35(5)6)29-38(34(3)4)30-41(54)36(7)8/h9-36H,1-8H3. The van der Waals surface area contributed by atoms with Crippen molar-refractivity contribution in [1.82, 2.24) is 0 Å². The SMILES string of the molecule is CC(C)c1cc(C(C)C)c(B2c3ccccc3Oc3cc(N4c5ccccc5C5(c6ccccc6Sc6ccc(C(C)C)cc65)c5ccccc54)ccc32)c(C(C)C)c1. The lowest BCUT2D eigenvalue weighted by Crippen LogP contribution is -2.57. The van der Waals surface area contributed by atoms with Gasteiger partial charge in [0, 0.05) is 21.5 Å². The smallest absolute Gasteiger partial charge is 0.251 e. The van der Waals surface area contributed by atoms with Crippen LogP contribution < -0.4 is 26.0 Å². The highest BCUT2D eigenvalue weighted by atomic mass is 32.2. The molecule has 3 aliphatic rings. The van der Waals surface area contributed by atoms with Gasteiger partial charge in [0.15, 0.2) is 0 Å². The average Bonchev–Trinajstić information content (AvgIpc) is 3.24. The van der Waals surface area contributed by atoms with Gasteiger partial charge in [-0.15, -0.1) is 0 Å². The summed E-state index contributed by atoms with van der Waals surface area (Å²) in [5, 5.41) is 0.